The van der Waals surface area contributed by atoms with Gasteiger partial charge in [0, 0.05) is 45.1 Å². The van der Waals surface area contributed by atoms with Crippen molar-refractivity contribution >= 4 is 33.9 Å². The lowest BCUT2D eigenvalue weighted by Gasteiger charge is -2.38. The van der Waals surface area contributed by atoms with E-state index in [4.69, 9.17) is 9.47 Å². The Morgan fingerprint density at radius 1 is 1.22 bits per heavy atom. The van der Waals surface area contributed by atoms with Crippen LogP contribution >= 0.6 is 15.9 Å². The van der Waals surface area contributed by atoms with Crippen molar-refractivity contribution in [2.45, 2.75) is 32.4 Å². The maximum absolute atomic E-state index is 12.2. The number of carbonyl (C=O) groups is 2. The summed E-state index contributed by atoms with van der Waals surface area (Å²) in [4.78, 5) is 36.7. The van der Waals surface area contributed by atoms with Gasteiger partial charge in [-0.2, -0.15) is 0 Å². The van der Waals surface area contributed by atoms with Crippen LogP contribution in [0.25, 0.3) is 0 Å². The number of anilines is 1. The monoisotopic (exact) mass is 443 g/mol. The number of nitrogens with one attached hydrogen (secondary N) is 1. The zero-order valence-corrected chi connectivity index (χ0v) is 17.7. The van der Waals surface area contributed by atoms with Crippen LogP contribution in [0.1, 0.15) is 20.8 Å². The molecule has 0 radical (unpaired) electrons. The van der Waals surface area contributed by atoms with Gasteiger partial charge in [0.1, 0.15) is 11.6 Å². The quantitative estimate of drug-likeness (QED) is 0.682. The summed E-state index contributed by atoms with van der Waals surface area (Å²) in [6.07, 6.45) is 2.85. The van der Waals surface area contributed by atoms with Crippen LogP contribution in [-0.4, -0.2) is 78.4 Å². The van der Waals surface area contributed by atoms with Gasteiger partial charge in [-0.3, -0.25) is 9.69 Å². The molecule has 1 aromatic rings. The Labute approximate surface area is 167 Å². The molecular weight excluding hydrogens is 418 g/mol. The van der Waals surface area contributed by atoms with Crippen molar-refractivity contribution in [3.05, 3.63) is 16.9 Å². The predicted molar refractivity (Wildman–Crippen MR) is 104 cm³/mol. The molecule has 1 N–H and O–H groups in total. The highest BCUT2D eigenvalue weighted by atomic mass is 79.9. The number of carbonyl (C=O) groups excluding carboxylic acids is 2. The molecule has 1 aromatic heterocycles. The second kappa shape index (κ2) is 9.32. The summed E-state index contributed by atoms with van der Waals surface area (Å²) in [5.74, 6) is 0.263. The molecule has 27 heavy (non-hydrogen) atoms. The topological polar surface area (TPSA) is 96.9 Å². The Balaban J connectivity index is 1.92. The van der Waals surface area contributed by atoms with Crippen LogP contribution in [0.2, 0.25) is 0 Å². The molecule has 0 unspecified atom stereocenters. The van der Waals surface area contributed by atoms with Crippen molar-refractivity contribution < 1.29 is 19.1 Å². The first kappa shape index (κ1) is 21.4. The number of piperazine rings is 1. The van der Waals surface area contributed by atoms with E-state index in [9.17, 15) is 9.59 Å². The maximum Gasteiger partial charge on any atom is 0.407 e. The summed E-state index contributed by atoms with van der Waals surface area (Å²) in [7, 11) is 1.34. The van der Waals surface area contributed by atoms with E-state index in [0.717, 1.165) is 4.47 Å². The third-order valence-corrected chi connectivity index (χ3v) is 4.37. The number of alkyl carbamates (subject to hydrolysis) is 1. The minimum Gasteiger partial charge on any atom is -0.468 e. The van der Waals surface area contributed by atoms with Gasteiger partial charge in [-0.15, -0.1) is 0 Å². The summed E-state index contributed by atoms with van der Waals surface area (Å²) in [6, 6.07) is -0.574. The lowest BCUT2D eigenvalue weighted by molar-refractivity contribution is -0.146. The van der Waals surface area contributed by atoms with Crippen LogP contribution in [0.3, 0.4) is 0 Å². The molecule has 1 amide bonds. The van der Waals surface area contributed by atoms with Gasteiger partial charge < -0.3 is 19.7 Å². The van der Waals surface area contributed by atoms with E-state index < -0.39 is 17.7 Å². The smallest absolute Gasteiger partial charge is 0.407 e. The van der Waals surface area contributed by atoms with Gasteiger partial charge in [-0.05, 0) is 36.7 Å². The zero-order valence-electron chi connectivity index (χ0n) is 16.1. The molecule has 1 fully saturated rings. The summed E-state index contributed by atoms with van der Waals surface area (Å²) < 4.78 is 11.0. The summed E-state index contributed by atoms with van der Waals surface area (Å²) in [6.45, 7) is 8.05. The van der Waals surface area contributed by atoms with E-state index in [1.54, 1.807) is 33.2 Å². The fourth-order valence-corrected chi connectivity index (χ4v) is 2.90. The standard InChI is InChI=1S/C17H26BrN5O4/c1-17(2,3)27-16(25)21-11-13(14(24)26-4)22-5-7-23(8-6-22)15-19-9-12(18)10-20-15/h9-10,13H,5-8,11H2,1-4H3,(H,21,25)/t13-/m0/s1. The van der Waals surface area contributed by atoms with Crippen LogP contribution in [-0.2, 0) is 14.3 Å². The molecule has 0 aliphatic carbocycles. The Morgan fingerprint density at radius 3 is 2.33 bits per heavy atom. The number of amides is 1. The van der Waals surface area contributed by atoms with Crippen molar-refractivity contribution in [1.82, 2.24) is 20.2 Å². The lowest BCUT2D eigenvalue weighted by Crippen LogP contribution is -2.56. The lowest BCUT2D eigenvalue weighted by atomic mass is 10.2. The van der Waals surface area contributed by atoms with Gasteiger partial charge in [0.2, 0.25) is 5.95 Å². The highest BCUT2D eigenvalue weighted by Gasteiger charge is 2.31. The number of rotatable bonds is 5. The van der Waals surface area contributed by atoms with Crippen molar-refractivity contribution in [3.8, 4) is 0 Å². The molecule has 0 saturated carbocycles. The summed E-state index contributed by atoms with van der Waals surface area (Å²) in [5, 5.41) is 2.65. The highest BCUT2D eigenvalue weighted by molar-refractivity contribution is 9.10. The van der Waals surface area contributed by atoms with Crippen molar-refractivity contribution in [3.63, 3.8) is 0 Å². The molecule has 0 bridgehead atoms. The third-order valence-electron chi connectivity index (χ3n) is 3.96. The largest absolute Gasteiger partial charge is 0.468 e. The second-order valence-corrected chi connectivity index (χ2v) is 8.06. The van der Waals surface area contributed by atoms with E-state index in [1.165, 1.54) is 7.11 Å². The zero-order chi connectivity index (χ0) is 20.0. The first-order valence-electron chi connectivity index (χ1n) is 8.71. The number of nitrogens with zero attached hydrogens (tertiary/aromatic N) is 4. The Kier molecular flexibility index (Phi) is 7.37. The average Bonchev–Trinajstić information content (AvgIpc) is 2.61. The normalized spacial score (nSPS) is 16.6. The molecule has 1 saturated heterocycles. The fourth-order valence-electron chi connectivity index (χ4n) is 2.69. The minimum atomic E-state index is -0.596. The molecule has 1 aliphatic rings. The summed E-state index contributed by atoms with van der Waals surface area (Å²) in [5.41, 5.74) is -0.596. The van der Waals surface area contributed by atoms with Crippen molar-refractivity contribution in [2.75, 3.05) is 44.7 Å². The maximum atomic E-state index is 12.2. The van der Waals surface area contributed by atoms with Crippen LogP contribution < -0.4 is 10.2 Å². The summed E-state index contributed by atoms with van der Waals surface area (Å²) >= 11 is 3.32. The first-order valence-corrected chi connectivity index (χ1v) is 9.50. The van der Waals surface area contributed by atoms with E-state index in [0.29, 0.717) is 32.1 Å². The van der Waals surface area contributed by atoms with Crippen molar-refractivity contribution in [2.24, 2.45) is 0 Å². The molecular formula is C17H26BrN5O4. The SMILES string of the molecule is COC(=O)[C@H](CNC(=O)OC(C)(C)C)N1CCN(c2ncc(Br)cn2)CC1. The number of halogens is 1. The van der Waals surface area contributed by atoms with Gasteiger partial charge >= 0.3 is 12.1 Å². The van der Waals surface area contributed by atoms with Gasteiger partial charge in [-0.1, -0.05) is 0 Å². The number of hydrogen-bond acceptors (Lipinski definition) is 8. The molecule has 10 heteroatoms. The fraction of sp³-hybridized carbons (Fsp3) is 0.647. The molecule has 9 nitrogen and oxygen atoms in total. The number of esters is 1. The number of methoxy groups -OCH3 is 1. The van der Waals surface area contributed by atoms with Gasteiger partial charge in [0.15, 0.2) is 0 Å². The van der Waals surface area contributed by atoms with Crippen LogP contribution in [0.4, 0.5) is 10.7 Å². The molecule has 150 valence electrons. The van der Waals surface area contributed by atoms with Crippen molar-refractivity contribution in [1.29, 1.82) is 0 Å². The van der Waals surface area contributed by atoms with Crippen LogP contribution in [0.15, 0.2) is 16.9 Å². The predicted octanol–water partition coefficient (Wildman–Crippen LogP) is 1.43. The molecule has 0 spiro atoms. The molecule has 1 atom stereocenters. The first-order chi connectivity index (χ1) is 12.7. The van der Waals surface area contributed by atoms with Gasteiger partial charge in [0.25, 0.3) is 0 Å². The van der Waals surface area contributed by atoms with Crippen LogP contribution in [0.5, 0.6) is 0 Å². The van der Waals surface area contributed by atoms with Gasteiger partial charge in [0.05, 0.1) is 11.6 Å². The molecule has 2 rings (SSSR count). The number of ether oxygens (including phenoxy) is 2. The average molecular weight is 444 g/mol. The van der Waals surface area contributed by atoms with Crippen LogP contribution in [0, 0.1) is 0 Å². The number of hydrogen-bond donors (Lipinski definition) is 1. The Morgan fingerprint density at radius 2 is 1.81 bits per heavy atom. The van der Waals surface area contributed by atoms with E-state index in [2.05, 4.69) is 36.1 Å². The molecule has 2 heterocycles. The Hall–Kier alpha value is -1.94. The van der Waals surface area contributed by atoms with E-state index >= 15 is 0 Å². The second-order valence-electron chi connectivity index (χ2n) is 7.15. The minimum absolute atomic E-state index is 0.121. The molecule has 0 aromatic carbocycles. The number of aromatic nitrogens is 2. The van der Waals surface area contributed by atoms with E-state index in [1.807, 2.05) is 4.90 Å². The third kappa shape index (κ3) is 6.62. The van der Waals surface area contributed by atoms with E-state index in [-0.39, 0.29) is 12.5 Å². The van der Waals surface area contributed by atoms with Gasteiger partial charge in [-0.25, -0.2) is 14.8 Å². The highest BCUT2D eigenvalue weighted by Crippen LogP contribution is 2.15. The Bertz CT molecular complexity index is 642. The molecule has 1 aliphatic heterocycles.